The van der Waals surface area contributed by atoms with Crippen molar-refractivity contribution in [3.63, 3.8) is 0 Å². The third kappa shape index (κ3) is 6.92. The number of guanidine groups is 1. The van der Waals surface area contributed by atoms with Crippen molar-refractivity contribution in [3.05, 3.63) is 58.9 Å². The molecule has 0 aliphatic rings. The van der Waals surface area contributed by atoms with E-state index in [0.29, 0.717) is 11.7 Å². The molecule has 0 radical (unpaired) electrons. The van der Waals surface area contributed by atoms with Crippen molar-refractivity contribution in [2.75, 3.05) is 20.7 Å². The van der Waals surface area contributed by atoms with Gasteiger partial charge in [0.25, 0.3) is 0 Å². The number of hydrogen-bond donors (Lipinski definition) is 2. The molecule has 1 heterocycles. The standard InChI is InChI=1S/C17H21ClN4O.HI/c1-19-17(22-12-14-5-8-16(18)21-11-14)20-10-9-13-3-6-15(23-2)7-4-13;/h3-8,11H,9-10,12H2,1-2H3,(H2,19,20,22);1H. The molecule has 7 heteroatoms. The summed E-state index contributed by atoms with van der Waals surface area (Å²) in [7, 11) is 3.42. The highest BCUT2D eigenvalue weighted by atomic mass is 127. The summed E-state index contributed by atoms with van der Waals surface area (Å²) in [5.41, 5.74) is 2.29. The van der Waals surface area contributed by atoms with Gasteiger partial charge in [-0.05, 0) is 35.7 Å². The lowest BCUT2D eigenvalue weighted by Crippen LogP contribution is -2.37. The van der Waals surface area contributed by atoms with Gasteiger partial charge in [-0.25, -0.2) is 4.98 Å². The lowest BCUT2D eigenvalue weighted by atomic mass is 10.1. The van der Waals surface area contributed by atoms with Crippen molar-refractivity contribution in [2.24, 2.45) is 4.99 Å². The van der Waals surface area contributed by atoms with Crippen molar-refractivity contribution >= 4 is 41.5 Å². The van der Waals surface area contributed by atoms with Gasteiger partial charge in [0.15, 0.2) is 5.96 Å². The van der Waals surface area contributed by atoms with Gasteiger partial charge in [-0.3, -0.25) is 4.99 Å². The molecule has 2 aromatic rings. The Morgan fingerprint density at radius 2 is 1.83 bits per heavy atom. The quantitative estimate of drug-likeness (QED) is 0.301. The van der Waals surface area contributed by atoms with Gasteiger partial charge in [-0.15, -0.1) is 24.0 Å². The predicted molar refractivity (Wildman–Crippen MR) is 110 cm³/mol. The molecule has 1 aromatic carbocycles. The van der Waals surface area contributed by atoms with Crippen molar-refractivity contribution in [2.45, 2.75) is 13.0 Å². The number of nitrogens with zero attached hydrogens (tertiary/aromatic N) is 2. The summed E-state index contributed by atoms with van der Waals surface area (Å²) in [6, 6.07) is 11.8. The minimum Gasteiger partial charge on any atom is -0.497 e. The summed E-state index contributed by atoms with van der Waals surface area (Å²) < 4.78 is 5.15. The summed E-state index contributed by atoms with van der Waals surface area (Å²) >= 11 is 5.77. The normalized spacial score (nSPS) is 10.7. The molecule has 2 N–H and O–H groups in total. The van der Waals surface area contributed by atoms with Crippen LogP contribution in [0.3, 0.4) is 0 Å². The Morgan fingerprint density at radius 1 is 1.12 bits per heavy atom. The van der Waals surface area contributed by atoms with Crippen LogP contribution in [0.25, 0.3) is 0 Å². The van der Waals surface area contributed by atoms with Crippen LogP contribution in [0, 0.1) is 0 Å². The third-order valence-electron chi connectivity index (χ3n) is 3.34. The molecule has 0 amide bonds. The van der Waals surface area contributed by atoms with Gasteiger partial charge in [-0.2, -0.15) is 0 Å². The van der Waals surface area contributed by atoms with Gasteiger partial charge in [-0.1, -0.05) is 29.8 Å². The summed E-state index contributed by atoms with van der Waals surface area (Å²) in [5.74, 6) is 1.63. The molecular weight excluding hydrogens is 439 g/mol. The molecule has 0 aliphatic heterocycles. The molecule has 5 nitrogen and oxygen atoms in total. The van der Waals surface area contributed by atoms with E-state index in [9.17, 15) is 0 Å². The molecule has 0 aliphatic carbocycles. The number of pyridine rings is 1. The Labute approximate surface area is 164 Å². The first kappa shape index (κ1) is 20.5. The highest BCUT2D eigenvalue weighted by Crippen LogP contribution is 2.11. The lowest BCUT2D eigenvalue weighted by Gasteiger charge is -2.12. The molecule has 0 saturated carbocycles. The van der Waals surface area contributed by atoms with E-state index < -0.39 is 0 Å². The number of halogens is 2. The van der Waals surface area contributed by atoms with E-state index in [1.165, 1.54) is 5.56 Å². The van der Waals surface area contributed by atoms with Crippen molar-refractivity contribution in [3.8, 4) is 5.75 Å². The minimum atomic E-state index is 0. The second-order valence-corrected chi connectivity index (χ2v) is 5.33. The Hall–Kier alpha value is -1.54. The number of ether oxygens (including phenoxy) is 1. The molecule has 130 valence electrons. The Morgan fingerprint density at radius 3 is 2.42 bits per heavy atom. The molecule has 0 spiro atoms. The highest BCUT2D eigenvalue weighted by molar-refractivity contribution is 14.0. The SMILES string of the molecule is CN=C(NCCc1ccc(OC)cc1)NCc1ccc(Cl)nc1.I. The summed E-state index contributed by atoms with van der Waals surface area (Å²) in [6.07, 6.45) is 2.66. The molecule has 0 bridgehead atoms. The zero-order valence-corrected chi connectivity index (χ0v) is 16.8. The van der Waals surface area contributed by atoms with E-state index in [2.05, 4.69) is 32.7 Å². The van der Waals surface area contributed by atoms with Crippen molar-refractivity contribution < 1.29 is 4.74 Å². The van der Waals surface area contributed by atoms with Gasteiger partial charge in [0.2, 0.25) is 0 Å². The van der Waals surface area contributed by atoms with Gasteiger partial charge < -0.3 is 15.4 Å². The fourth-order valence-corrected chi connectivity index (χ4v) is 2.15. The maximum Gasteiger partial charge on any atom is 0.191 e. The number of benzene rings is 1. The fourth-order valence-electron chi connectivity index (χ4n) is 2.03. The van der Waals surface area contributed by atoms with Crippen molar-refractivity contribution in [1.29, 1.82) is 0 Å². The van der Waals surface area contributed by atoms with Crippen LogP contribution in [0.4, 0.5) is 0 Å². The molecule has 0 fully saturated rings. The van der Waals surface area contributed by atoms with E-state index in [4.69, 9.17) is 16.3 Å². The average molecular weight is 461 g/mol. The topological polar surface area (TPSA) is 58.5 Å². The summed E-state index contributed by atoms with van der Waals surface area (Å²) in [6.45, 7) is 1.44. The van der Waals surface area contributed by atoms with Crippen LogP contribution >= 0.6 is 35.6 Å². The van der Waals surface area contributed by atoms with Crippen LogP contribution in [-0.2, 0) is 13.0 Å². The zero-order valence-electron chi connectivity index (χ0n) is 13.8. The number of rotatable bonds is 6. The Balaban J connectivity index is 0.00000288. The minimum absolute atomic E-state index is 0. The molecule has 1 aromatic heterocycles. The first-order chi connectivity index (χ1) is 11.2. The summed E-state index contributed by atoms with van der Waals surface area (Å²) in [4.78, 5) is 8.26. The monoisotopic (exact) mass is 460 g/mol. The van der Waals surface area contributed by atoms with Crippen molar-refractivity contribution in [1.82, 2.24) is 15.6 Å². The molecule has 0 saturated heterocycles. The van der Waals surface area contributed by atoms with Crippen LogP contribution in [0.15, 0.2) is 47.6 Å². The van der Waals surface area contributed by atoms with E-state index >= 15 is 0 Å². The molecular formula is C17H22ClIN4O. The molecule has 24 heavy (non-hydrogen) atoms. The number of methoxy groups -OCH3 is 1. The second-order valence-electron chi connectivity index (χ2n) is 4.94. The predicted octanol–water partition coefficient (Wildman–Crippen LogP) is 3.27. The number of aliphatic imine (C=N–C) groups is 1. The van der Waals surface area contributed by atoms with Gasteiger partial charge in [0.1, 0.15) is 10.9 Å². The van der Waals surface area contributed by atoms with Crippen LogP contribution in [0.5, 0.6) is 5.75 Å². The Kier molecular flexibility index (Phi) is 9.48. The van der Waals surface area contributed by atoms with E-state index in [1.807, 2.05) is 18.2 Å². The van der Waals surface area contributed by atoms with Gasteiger partial charge in [0, 0.05) is 26.3 Å². The summed E-state index contributed by atoms with van der Waals surface area (Å²) in [5, 5.41) is 7.03. The zero-order chi connectivity index (χ0) is 16.5. The molecule has 2 rings (SSSR count). The van der Waals surface area contributed by atoms with E-state index in [-0.39, 0.29) is 24.0 Å². The van der Waals surface area contributed by atoms with Gasteiger partial charge >= 0.3 is 0 Å². The Bertz CT molecular complexity index is 632. The van der Waals surface area contributed by atoms with Gasteiger partial charge in [0.05, 0.1) is 7.11 Å². The van der Waals surface area contributed by atoms with Crippen LogP contribution in [0.1, 0.15) is 11.1 Å². The molecule has 0 unspecified atom stereocenters. The highest BCUT2D eigenvalue weighted by Gasteiger charge is 2.00. The van der Waals surface area contributed by atoms with Crippen LogP contribution in [0.2, 0.25) is 5.15 Å². The third-order valence-corrected chi connectivity index (χ3v) is 3.56. The van der Waals surface area contributed by atoms with E-state index in [0.717, 1.165) is 30.2 Å². The number of nitrogens with one attached hydrogen (secondary N) is 2. The largest absolute Gasteiger partial charge is 0.497 e. The smallest absolute Gasteiger partial charge is 0.191 e. The first-order valence-electron chi connectivity index (χ1n) is 7.39. The van der Waals surface area contributed by atoms with Crippen LogP contribution in [-0.4, -0.2) is 31.6 Å². The number of hydrogen-bond acceptors (Lipinski definition) is 3. The first-order valence-corrected chi connectivity index (χ1v) is 7.77. The average Bonchev–Trinajstić information content (AvgIpc) is 2.60. The fraction of sp³-hybridized carbons (Fsp3) is 0.294. The maximum absolute atomic E-state index is 5.77. The second kappa shape index (κ2) is 11.1. The number of aromatic nitrogens is 1. The maximum atomic E-state index is 5.77. The van der Waals surface area contributed by atoms with Crippen LogP contribution < -0.4 is 15.4 Å². The van der Waals surface area contributed by atoms with E-state index in [1.54, 1.807) is 26.4 Å². The molecule has 0 atom stereocenters. The lowest BCUT2D eigenvalue weighted by molar-refractivity contribution is 0.414.